The van der Waals surface area contributed by atoms with Gasteiger partial charge in [-0.05, 0) is 98.3 Å². The van der Waals surface area contributed by atoms with E-state index in [-0.39, 0.29) is 0 Å². The molecule has 1 aliphatic carbocycles. The van der Waals surface area contributed by atoms with E-state index in [1.54, 1.807) is 40.7 Å². The summed E-state index contributed by atoms with van der Waals surface area (Å²) in [6.45, 7) is 4.53. The molecule has 0 aromatic heterocycles. The molecule has 2 aliphatic heterocycles. The molecule has 204 valence electrons. The SMILES string of the molecule is O=C(O)c1ccc(CN2CCC(CNC3CC3c3ccc4c(c3)CCN4S(=O)(=O)c3ccccc3)CC2)cc1. The standard InChI is InChI=1S/C31H35N3O4S/c35-31(36)24-8-6-23(7-9-24)21-33-15-12-22(13-16-33)20-32-29-19-28(29)25-10-11-30-26(18-25)14-17-34(30)39(37,38)27-4-2-1-3-5-27/h1-11,18,22,28-29,32H,12-17,19-21H2,(H,35,36). The Morgan fingerprint density at radius 3 is 2.41 bits per heavy atom. The van der Waals surface area contributed by atoms with Crippen LogP contribution in [0.3, 0.4) is 0 Å². The van der Waals surface area contributed by atoms with Crippen LogP contribution in [0.5, 0.6) is 0 Å². The molecule has 2 heterocycles. The maximum atomic E-state index is 13.2. The van der Waals surface area contributed by atoms with Gasteiger partial charge in [-0.25, -0.2) is 13.2 Å². The molecule has 1 saturated heterocycles. The Morgan fingerprint density at radius 2 is 1.69 bits per heavy atom. The second-order valence-corrected chi connectivity index (χ2v) is 13.0. The number of carboxylic acid groups (broad SMARTS) is 1. The third-order valence-corrected chi connectivity index (χ3v) is 10.3. The Morgan fingerprint density at radius 1 is 0.949 bits per heavy atom. The van der Waals surface area contributed by atoms with E-state index >= 15 is 0 Å². The largest absolute Gasteiger partial charge is 0.478 e. The Kier molecular flexibility index (Phi) is 7.18. The normalized spacial score (nSPS) is 21.6. The molecule has 2 atom stereocenters. The van der Waals surface area contributed by atoms with Crippen LogP contribution >= 0.6 is 0 Å². The summed E-state index contributed by atoms with van der Waals surface area (Å²) in [5.41, 5.74) is 4.75. The Bertz CT molecular complexity index is 1430. The van der Waals surface area contributed by atoms with Gasteiger partial charge in [-0.3, -0.25) is 9.21 Å². The van der Waals surface area contributed by atoms with Crippen LogP contribution in [0.2, 0.25) is 0 Å². The van der Waals surface area contributed by atoms with Gasteiger partial charge in [0.25, 0.3) is 10.0 Å². The Labute approximate surface area is 230 Å². The van der Waals surface area contributed by atoms with Crippen molar-refractivity contribution in [2.75, 3.05) is 30.5 Å². The second kappa shape index (κ2) is 10.8. The maximum absolute atomic E-state index is 13.2. The van der Waals surface area contributed by atoms with Crippen molar-refractivity contribution in [3.63, 3.8) is 0 Å². The summed E-state index contributed by atoms with van der Waals surface area (Å²) in [6, 6.07) is 22.7. The van der Waals surface area contributed by atoms with E-state index in [9.17, 15) is 13.2 Å². The molecule has 6 rings (SSSR count). The maximum Gasteiger partial charge on any atom is 0.335 e. The topological polar surface area (TPSA) is 89.9 Å². The predicted octanol–water partition coefficient (Wildman–Crippen LogP) is 4.49. The summed E-state index contributed by atoms with van der Waals surface area (Å²) in [7, 11) is -3.53. The number of hydrogen-bond donors (Lipinski definition) is 2. The van der Waals surface area contributed by atoms with E-state index in [0.717, 1.165) is 55.8 Å². The minimum absolute atomic E-state index is 0.333. The minimum atomic E-state index is -3.53. The molecule has 3 aromatic carbocycles. The van der Waals surface area contributed by atoms with Crippen LogP contribution in [0.25, 0.3) is 0 Å². The lowest BCUT2D eigenvalue weighted by Crippen LogP contribution is -2.37. The highest BCUT2D eigenvalue weighted by Gasteiger charge is 2.39. The van der Waals surface area contributed by atoms with E-state index in [4.69, 9.17) is 5.11 Å². The summed E-state index contributed by atoms with van der Waals surface area (Å²) in [5, 5.41) is 12.9. The summed E-state index contributed by atoms with van der Waals surface area (Å²) in [6.07, 6.45) is 4.22. The lowest BCUT2D eigenvalue weighted by Gasteiger charge is -2.32. The number of rotatable bonds is 9. The number of nitrogens with zero attached hydrogens (tertiary/aromatic N) is 2. The van der Waals surface area contributed by atoms with E-state index in [1.807, 2.05) is 24.3 Å². The molecule has 3 aromatic rings. The van der Waals surface area contributed by atoms with Gasteiger partial charge in [0, 0.05) is 25.0 Å². The molecule has 2 fully saturated rings. The number of fused-ring (bicyclic) bond motifs is 1. The Hall–Kier alpha value is -3.20. The van der Waals surface area contributed by atoms with Crippen LogP contribution in [0.1, 0.15) is 52.2 Å². The number of nitrogens with one attached hydrogen (secondary N) is 1. The fraction of sp³-hybridized carbons (Fsp3) is 0.387. The molecule has 39 heavy (non-hydrogen) atoms. The first kappa shape index (κ1) is 26.0. The zero-order chi connectivity index (χ0) is 27.0. The van der Waals surface area contributed by atoms with Crippen LogP contribution in [0.4, 0.5) is 5.69 Å². The van der Waals surface area contributed by atoms with Gasteiger partial charge in [0.2, 0.25) is 0 Å². The van der Waals surface area contributed by atoms with E-state index in [1.165, 1.54) is 18.4 Å². The molecule has 8 heteroatoms. The lowest BCUT2D eigenvalue weighted by molar-refractivity contribution is 0.0697. The van der Waals surface area contributed by atoms with Crippen molar-refractivity contribution >= 4 is 21.7 Å². The summed E-state index contributed by atoms with van der Waals surface area (Å²) >= 11 is 0. The number of carboxylic acids is 1. The molecule has 0 bridgehead atoms. The molecule has 0 radical (unpaired) electrons. The predicted molar refractivity (Wildman–Crippen MR) is 152 cm³/mol. The van der Waals surface area contributed by atoms with Crippen molar-refractivity contribution in [1.29, 1.82) is 0 Å². The molecule has 0 amide bonds. The number of sulfonamides is 1. The Balaban J connectivity index is 0.976. The van der Waals surface area contributed by atoms with Crippen LogP contribution in [0.15, 0.2) is 77.7 Å². The lowest BCUT2D eigenvalue weighted by atomic mass is 9.96. The smallest absolute Gasteiger partial charge is 0.335 e. The first-order chi connectivity index (χ1) is 18.9. The number of carbonyl (C=O) groups is 1. The van der Waals surface area contributed by atoms with E-state index in [0.29, 0.717) is 34.9 Å². The van der Waals surface area contributed by atoms with Gasteiger partial charge in [-0.2, -0.15) is 0 Å². The average molecular weight is 546 g/mol. The summed E-state index contributed by atoms with van der Waals surface area (Å²) in [5.74, 6) is 0.294. The monoisotopic (exact) mass is 545 g/mol. The van der Waals surface area contributed by atoms with E-state index < -0.39 is 16.0 Å². The van der Waals surface area contributed by atoms with Gasteiger partial charge in [0.05, 0.1) is 16.1 Å². The number of hydrogen-bond acceptors (Lipinski definition) is 5. The van der Waals surface area contributed by atoms with Crippen molar-refractivity contribution in [3.8, 4) is 0 Å². The third-order valence-electron chi connectivity index (χ3n) is 8.49. The van der Waals surface area contributed by atoms with Gasteiger partial charge in [-0.1, -0.05) is 42.5 Å². The number of anilines is 1. The zero-order valence-corrected chi connectivity index (χ0v) is 22.8. The number of benzene rings is 3. The van der Waals surface area contributed by atoms with E-state index in [2.05, 4.69) is 22.3 Å². The fourth-order valence-electron chi connectivity index (χ4n) is 6.06. The van der Waals surface area contributed by atoms with Crippen molar-refractivity contribution in [2.24, 2.45) is 5.92 Å². The molecule has 3 aliphatic rings. The van der Waals surface area contributed by atoms with Gasteiger partial charge in [0.1, 0.15) is 0 Å². The quantitative estimate of drug-likeness (QED) is 0.412. The van der Waals surface area contributed by atoms with Crippen molar-refractivity contribution in [3.05, 3.63) is 95.1 Å². The number of likely N-dealkylation sites (tertiary alicyclic amines) is 1. The average Bonchev–Trinajstić information content (AvgIpc) is 3.61. The molecular weight excluding hydrogens is 510 g/mol. The summed E-state index contributed by atoms with van der Waals surface area (Å²) < 4.78 is 27.9. The third kappa shape index (κ3) is 5.60. The van der Waals surface area contributed by atoms with Gasteiger partial charge in [-0.15, -0.1) is 0 Å². The highest BCUT2D eigenvalue weighted by Crippen LogP contribution is 2.44. The number of aromatic carboxylic acids is 1. The summed E-state index contributed by atoms with van der Waals surface area (Å²) in [4.78, 5) is 13.8. The van der Waals surface area contributed by atoms with Crippen LogP contribution < -0.4 is 9.62 Å². The first-order valence-corrected chi connectivity index (χ1v) is 15.3. The zero-order valence-electron chi connectivity index (χ0n) is 22.0. The fourth-order valence-corrected chi connectivity index (χ4v) is 7.58. The molecule has 2 unspecified atom stereocenters. The highest BCUT2D eigenvalue weighted by molar-refractivity contribution is 7.92. The molecular formula is C31H35N3O4S. The van der Waals surface area contributed by atoms with Gasteiger partial charge >= 0.3 is 5.97 Å². The van der Waals surface area contributed by atoms with Crippen LogP contribution in [-0.2, 0) is 23.0 Å². The van der Waals surface area contributed by atoms with Crippen LogP contribution in [0, 0.1) is 5.92 Å². The van der Waals surface area contributed by atoms with Gasteiger partial charge < -0.3 is 10.4 Å². The number of piperidine rings is 1. The van der Waals surface area contributed by atoms with Gasteiger partial charge in [0.15, 0.2) is 0 Å². The second-order valence-electron chi connectivity index (χ2n) is 11.1. The van der Waals surface area contributed by atoms with Crippen molar-refractivity contribution in [2.45, 2.75) is 49.1 Å². The molecule has 1 saturated carbocycles. The molecule has 7 nitrogen and oxygen atoms in total. The van der Waals surface area contributed by atoms with Crippen molar-refractivity contribution in [1.82, 2.24) is 10.2 Å². The van der Waals surface area contributed by atoms with Crippen molar-refractivity contribution < 1.29 is 18.3 Å². The molecule has 0 spiro atoms. The minimum Gasteiger partial charge on any atom is -0.478 e. The molecule has 2 N–H and O–H groups in total. The van der Waals surface area contributed by atoms with Crippen LogP contribution in [-0.4, -0.2) is 56.6 Å². The highest BCUT2D eigenvalue weighted by atomic mass is 32.2. The first-order valence-electron chi connectivity index (χ1n) is 13.9.